The highest BCUT2D eigenvalue weighted by Crippen LogP contribution is 2.31. The number of nitrogens with zero attached hydrogens (tertiary/aromatic N) is 3. The first-order valence-corrected chi connectivity index (χ1v) is 11.2. The first-order chi connectivity index (χ1) is 13.4. The molecule has 0 radical (unpaired) electrons. The highest BCUT2D eigenvalue weighted by molar-refractivity contribution is 7.98. The van der Waals surface area contributed by atoms with Crippen molar-refractivity contribution in [3.63, 3.8) is 0 Å². The first-order valence-electron chi connectivity index (χ1n) is 9.29. The van der Waals surface area contributed by atoms with Crippen molar-refractivity contribution in [3.05, 3.63) is 57.9 Å². The zero-order chi connectivity index (χ0) is 20.3. The summed E-state index contributed by atoms with van der Waals surface area (Å²) in [7, 11) is 1.79. The largest absolute Gasteiger partial charge is 0.361 e. The van der Waals surface area contributed by atoms with Crippen LogP contribution in [0.3, 0.4) is 0 Å². The van der Waals surface area contributed by atoms with E-state index in [9.17, 15) is 4.79 Å². The van der Waals surface area contributed by atoms with Gasteiger partial charge in [0.25, 0.3) is 5.91 Å². The molecule has 1 atom stereocenters. The maximum Gasteiger partial charge on any atom is 0.260 e. The van der Waals surface area contributed by atoms with Crippen molar-refractivity contribution >= 4 is 34.1 Å². The molecule has 2 aromatic heterocycles. The van der Waals surface area contributed by atoms with Crippen molar-refractivity contribution in [3.8, 4) is 0 Å². The van der Waals surface area contributed by atoms with E-state index in [1.165, 1.54) is 11.3 Å². The molecule has 0 spiro atoms. The van der Waals surface area contributed by atoms with Gasteiger partial charge in [-0.15, -0.1) is 23.1 Å². The zero-order valence-electron chi connectivity index (χ0n) is 16.9. The van der Waals surface area contributed by atoms with Crippen LogP contribution in [0.2, 0.25) is 0 Å². The minimum absolute atomic E-state index is 0.0492. The van der Waals surface area contributed by atoms with E-state index in [1.807, 2.05) is 43.5 Å². The van der Waals surface area contributed by atoms with Crippen LogP contribution in [0.25, 0.3) is 0 Å². The molecule has 7 heteroatoms. The van der Waals surface area contributed by atoms with E-state index in [0.29, 0.717) is 17.2 Å². The lowest BCUT2D eigenvalue weighted by molar-refractivity contribution is 0.0990. The van der Waals surface area contributed by atoms with Gasteiger partial charge in [-0.1, -0.05) is 31.1 Å². The van der Waals surface area contributed by atoms with Gasteiger partial charge in [-0.3, -0.25) is 9.69 Å². The standard InChI is InChI=1S/C21H25N3O2S2/c1-6-13(2)18-12-28-21(22-18)24(5)20(25)16-9-7-8-10-19(16)27-11-17-14(3)23-26-15(17)4/h7-10,12-13H,6,11H2,1-5H3. The highest BCUT2D eigenvalue weighted by Gasteiger charge is 2.21. The number of carbonyl (C=O) groups excluding carboxylic acids is 1. The second-order valence-corrected chi connectivity index (χ2v) is 8.67. The fourth-order valence-corrected chi connectivity index (χ4v) is 4.87. The van der Waals surface area contributed by atoms with E-state index in [4.69, 9.17) is 4.52 Å². The predicted molar refractivity (Wildman–Crippen MR) is 116 cm³/mol. The monoisotopic (exact) mass is 415 g/mol. The number of carbonyl (C=O) groups is 1. The minimum atomic E-state index is -0.0492. The normalized spacial score (nSPS) is 12.2. The van der Waals surface area contributed by atoms with Gasteiger partial charge in [0.15, 0.2) is 5.13 Å². The van der Waals surface area contributed by atoms with Crippen molar-refractivity contribution in [2.75, 3.05) is 11.9 Å². The molecule has 1 unspecified atom stereocenters. The van der Waals surface area contributed by atoms with Crippen molar-refractivity contribution in [1.82, 2.24) is 10.1 Å². The smallest absolute Gasteiger partial charge is 0.260 e. The second-order valence-electron chi connectivity index (χ2n) is 6.82. The molecule has 28 heavy (non-hydrogen) atoms. The SMILES string of the molecule is CCC(C)c1csc(N(C)C(=O)c2ccccc2SCc2c(C)noc2C)n1. The molecule has 0 saturated carbocycles. The molecule has 0 aliphatic carbocycles. The van der Waals surface area contributed by atoms with Crippen LogP contribution in [0.15, 0.2) is 39.1 Å². The number of rotatable bonds is 7. The van der Waals surface area contributed by atoms with Crippen LogP contribution in [-0.2, 0) is 5.75 Å². The van der Waals surface area contributed by atoms with E-state index in [0.717, 1.165) is 39.2 Å². The van der Waals surface area contributed by atoms with E-state index in [-0.39, 0.29) is 5.91 Å². The number of hydrogen-bond donors (Lipinski definition) is 0. The number of thiazole rings is 1. The first kappa shape index (κ1) is 20.6. The lowest BCUT2D eigenvalue weighted by Gasteiger charge is -2.16. The summed E-state index contributed by atoms with van der Waals surface area (Å²) in [6, 6.07) is 7.71. The van der Waals surface area contributed by atoms with Crippen molar-refractivity contribution in [2.45, 2.75) is 50.7 Å². The Morgan fingerprint density at radius 1 is 1.32 bits per heavy atom. The molecule has 0 aliphatic heterocycles. The van der Waals surface area contributed by atoms with E-state index in [1.54, 1.807) is 23.7 Å². The van der Waals surface area contributed by atoms with E-state index in [2.05, 4.69) is 24.0 Å². The Labute approximate surface area is 174 Å². The van der Waals surface area contributed by atoms with Crippen LogP contribution in [0.1, 0.15) is 59.3 Å². The fraction of sp³-hybridized carbons (Fsp3) is 0.381. The van der Waals surface area contributed by atoms with Crippen LogP contribution in [-0.4, -0.2) is 23.1 Å². The average molecular weight is 416 g/mol. The van der Waals surface area contributed by atoms with Crippen molar-refractivity contribution in [1.29, 1.82) is 0 Å². The fourth-order valence-electron chi connectivity index (χ4n) is 2.76. The van der Waals surface area contributed by atoms with Crippen LogP contribution in [0.4, 0.5) is 5.13 Å². The molecule has 0 aliphatic rings. The van der Waals surface area contributed by atoms with Gasteiger partial charge < -0.3 is 4.52 Å². The Kier molecular flexibility index (Phi) is 6.57. The molecule has 3 rings (SSSR count). The third kappa shape index (κ3) is 4.31. The Morgan fingerprint density at radius 3 is 2.75 bits per heavy atom. The summed E-state index contributed by atoms with van der Waals surface area (Å²) in [5.41, 5.74) is 3.70. The summed E-state index contributed by atoms with van der Waals surface area (Å²) < 4.78 is 5.24. The molecule has 2 heterocycles. The van der Waals surface area contributed by atoms with Gasteiger partial charge in [-0.05, 0) is 38.3 Å². The molecular formula is C21H25N3O2S2. The molecule has 1 amide bonds. The number of aromatic nitrogens is 2. The summed E-state index contributed by atoms with van der Waals surface area (Å²) in [6.45, 7) is 8.15. The number of aryl methyl sites for hydroxylation is 2. The predicted octanol–water partition coefficient (Wildman–Crippen LogP) is 5.83. The summed E-state index contributed by atoms with van der Waals surface area (Å²) in [6.07, 6.45) is 1.03. The molecule has 0 fully saturated rings. The summed E-state index contributed by atoms with van der Waals surface area (Å²) in [5.74, 6) is 1.88. The quantitative estimate of drug-likeness (QED) is 0.454. The van der Waals surface area contributed by atoms with Crippen LogP contribution in [0.5, 0.6) is 0 Å². The number of amides is 1. The van der Waals surface area contributed by atoms with Gasteiger partial charge in [0, 0.05) is 28.6 Å². The van der Waals surface area contributed by atoms with Crippen molar-refractivity contribution in [2.24, 2.45) is 0 Å². The zero-order valence-corrected chi connectivity index (χ0v) is 18.5. The minimum Gasteiger partial charge on any atom is -0.361 e. The number of anilines is 1. The molecule has 0 N–H and O–H groups in total. The van der Waals surface area contributed by atoms with Crippen LogP contribution >= 0.6 is 23.1 Å². The van der Waals surface area contributed by atoms with Crippen molar-refractivity contribution < 1.29 is 9.32 Å². The molecular weight excluding hydrogens is 390 g/mol. The Balaban J connectivity index is 1.79. The second kappa shape index (κ2) is 8.92. The molecule has 3 aromatic rings. The summed E-state index contributed by atoms with van der Waals surface area (Å²) >= 11 is 3.14. The number of benzene rings is 1. The molecule has 0 bridgehead atoms. The average Bonchev–Trinajstić information content (AvgIpc) is 3.32. The summed E-state index contributed by atoms with van der Waals surface area (Å²) in [4.78, 5) is 20.4. The van der Waals surface area contributed by atoms with Gasteiger partial charge >= 0.3 is 0 Å². The lowest BCUT2D eigenvalue weighted by Crippen LogP contribution is -2.26. The Morgan fingerprint density at radius 2 is 2.07 bits per heavy atom. The van der Waals surface area contributed by atoms with Gasteiger partial charge in [0.1, 0.15) is 5.76 Å². The topological polar surface area (TPSA) is 59.2 Å². The number of hydrogen-bond acceptors (Lipinski definition) is 6. The highest BCUT2D eigenvalue weighted by atomic mass is 32.2. The lowest BCUT2D eigenvalue weighted by atomic mass is 10.1. The van der Waals surface area contributed by atoms with Gasteiger partial charge in [-0.2, -0.15) is 0 Å². The Bertz CT molecular complexity index is 945. The third-order valence-corrected chi connectivity index (χ3v) is 6.92. The van der Waals surface area contributed by atoms with Crippen LogP contribution < -0.4 is 4.90 Å². The van der Waals surface area contributed by atoms with E-state index >= 15 is 0 Å². The molecule has 148 valence electrons. The van der Waals surface area contributed by atoms with Gasteiger partial charge in [0.2, 0.25) is 0 Å². The van der Waals surface area contributed by atoms with Gasteiger partial charge in [-0.25, -0.2) is 4.98 Å². The summed E-state index contributed by atoms with van der Waals surface area (Å²) in [5, 5.41) is 6.78. The molecule has 0 saturated heterocycles. The maximum atomic E-state index is 13.2. The maximum absolute atomic E-state index is 13.2. The molecule has 5 nitrogen and oxygen atoms in total. The van der Waals surface area contributed by atoms with Crippen LogP contribution in [0, 0.1) is 13.8 Å². The van der Waals surface area contributed by atoms with Gasteiger partial charge in [0.05, 0.1) is 17.0 Å². The third-order valence-electron chi connectivity index (χ3n) is 4.89. The Hall–Kier alpha value is -2.12. The molecule has 1 aromatic carbocycles. The van der Waals surface area contributed by atoms with E-state index < -0.39 is 0 Å². The number of thioether (sulfide) groups is 1.